The standard InChI is InChI=1S/C33H32N2O2/c1-23-10-16-26(17-11-23)33(31-9-7-6-8-29(31)32(36)37-33)22-30(24-12-18-27(19-13-24)34(2)3)25-14-20-28(21-15-25)35(4)5/h6-22H,1-5H3. The molecule has 4 aromatic rings. The van der Waals surface area contributed by atoms with Gasteiger partial charge in [0.1, 0.15) is 0 Å². The normalized spacial score (nSPS) is 16.1. The molecule has 1 aliphatic heterocycles. The van der Waals surface area contributed by atoms with Crippen molar-refractivity contribution in [3.05, 3.63) is 137 Å². The summed E-state index contributed by atoms with van der Waals surface area (Å²) in [5, 5.41) is 0. The molecule has 0 bridgehead atoms. The highest BCUT2D eigenvalue weighted by molar-refractivity contribution is 5.97. The van der Waals surface area contributed by atoms with Crippen molar-refractivity contribution in [3.63, 3.8) is 0 Å². The van der Waals surface area contributed by atoms with E-state index in [0.717, 1.165) is 44.8 Å². The first kappa shape index (κ1) is 24.4. The van der Waals surface area contributed by atoms with Crippen LogP contribution in [0.15, 0.2) is 103 Å². The lowest BCUT2D eigenvalue weighted by Gasteiger charge is -2.28. The van der Waals surface area contributed by atoms with Crippen LogP contribution in [-0.4, -0.2) is 34.2 Å². The van der Waals surface area contributed by atoms with E-state index in [1.54, 1.807) is 0 Å². The smallest absolute Gasteiger partial charge is 0.340 e. The van der Waals surface area contributed by atoms with Gasteiger partial charge in [-0.25, -0.2) is 4.79 Å². The molecule has 1 atom stereocenters. The fourth-order valence-electron chi connectivity index (χ4n) is 4.86. The Morgan fingerprint density at radius 3 is 1.73 bits per heavy atom. The van der Waals surface area contributed by atoms with Crippen LogP contribution in [0.2, 0.25) is 0 Å². The topological polar surface area (TPSA) is 32.8 Å². The Bertz CT molecular complexity index is 1400. The first-order valence-electron chi connectivity index (χ1n) is 12.5. The molecule has 4 heteroatoms. The zero-order valence-electron chi connectivity index (χ0n) is 22.0. The summed E-state index contributed by atoms with van der Waals surface area (Å²) in [6, 6.07) is 32.9. The van der Waals surface area contributed by atoms with Crippen molar-refractivity contribution in [2.24, 2.45) is 0 Å². The summed E-state index contributed by atoms with van der Waals surface area (Å²) < 4.78 is 6.31. The second-order valence-corrected chi connectivity index (χ2v) is 9.98. The molecule has 0 N–H and O–H groups in total. The number of anilines is 2. The van der Waals surface area contributed by atoms with Gasteiger partial charge in [0.25, 0.3) is 0 Å². The monoisotopic (exact) mass is 488 g/mol. The molecule has 0 aromatic heterocycles. The minimum absolute atomic E-state index is 0.308. The van der Waals surface area contributed by atoms with E-state index in [4.69, 9.17) is 4.74 Å². The van der Waals surface area contributed by atoms with Crippen LogP contribution >= 0.6 is 0 Å². The Labute approximate surface area is 219 Å². The van der Waals surface area contributed by atoms with Crippen LogP contribution in [0, 0.1) is 6.92 Å². The first-order valence-corrected chi connectivity index (χ1v) is 12.5. The summed E-state index contributed by atoms with van der Waals surface area (Å²) in [7, 11) is 8.14. The molecule has 0 spiro atoms. The third-order valence-electron chi connectivity index (χ3n) is 7.02. The maximum atomic E-state index is 13.2. The van der Waals surface area contributed by atoms with Gasteiger partial charge in [0.15, 0.2) is 5.60 Å². The third kappa shape index (κ3) is 4.51. The second kappa shape index (κ2) is 9.62. The first-order chi connectivity index (χ1) is 17.8. The summed E-state index contributed by atoms with van der Waals surface area (Å²) in [5.74, 6) is -0.308. The highest BCUT2D eigenvalue weighted by Gasteiger charge is 2.45. The summed E-state index contributed by atoms with van der Waals surface area (Å²) in [4.78, 5) is 17.3. The molecule has 4 nitrogen and oxygen atoms in total. The van der Waals surface area contributed by atoms with Gasteiger partial charge >= 0.3 is 5.97 Å². The fourth-order valence-corrected chi connectivity index (χ4v) is 4.86. The fraction of sp³-hybridized carbons (Fsp3) is 0.182. The minimum atomic E-state index is -1.04. The number of benzene rings is 4. The molecule has 1 aliphatic rings. The van der Waals surface area contributed by atoms with Gasteiger partial charge in [0, 0.05) is 50.7 Å². The molecular weight excluding hydrogens is 456 g/mol. The van der Waals surface area contributed by atoms with Gasteiger partial charge in [0.05, 0.1) is 5.56 Å². The van der Waals surface area contributed by atoms with Crippen LogP contribution < -0.4 is 9.80 Å². The maximum Gasteiger partial charge on any atom is 0.340 e. The molecular formula is C33H32N2O2. The van der Waals surface area contributed by atoms with Crippen LogP contribution in [0.5, 0.6) is 0 Å². The molecule has 1 unspecified atom stereocenters. The number of cyclic esters (lactones) is 1. The van der Waals surface area contributed by atoms with Crippen LogP contribution in [0.1, 0.15) is 38.2 Å². The maximum absolute atomic E-state index is 13.2. The highest BCUT2D eigenvalue weighted by atomic mass is 16.6. The Hall–Kier alpha value is -4.31. The van der Waals surface area contributed by atoms with Crippen LogP contribution in [-0.2, 0) is 10.3 Å². The Kier molecular flexibility index (Phi) is 6.34. The van der Waals surface area contributed by atoms with E-state index in [0.29, 0.717) is 5.56 Å². The molecule has 4 aromatic carbocycles. The van der Waals surface area contributed by atoms with Crippen molar-refractivity contribution >= 4 is 22.9 Å². The van der Waals surface area contributed by atoms with Crippen LogP contribution in [0.25, 0.3) is 5.57 Å². The van der Waals surface area contributed by atoms with Gasteiger partial charge in [0.2, 0.25) is 0 Å². The Morgan fingerprint density at radius 1 is 0.703 bits per heavy atom. The van der Waals surface area contributed by atoms with E-state index in [1.807, 2.05) is 52.5 Å². The lowest BCUT2D eigenvalue weighted by atomic mass is 9.81. The van der Waals surface area contributed by atoms with E-state index in [2.05, 4.69) is 95.6 Å². The number of aryl methyl sites for hydroxylation is 1. The van der Waals surface area contributed by atoms with E-state index in [-0.39, 0.29) is 5.97 Å². The number of hydrogen-bond donors (Lipinski definition) is 0. The number of nitrogens with zero attached hydrogens (tertiary/aromatic N) is 2. The Morgan fingerprint density at radius 2 is 1.22 bits per heavy atom. The number of hydrogen-bond acceptors (Lipinski definition) is 4. The predicted octanol–water partition coefficient (Wildman–Crippen LogP) is 6.67. The van der Waals surface area contributed by atoms with E-state index in [1.165, 1.54) is 0 Å². The zero-order valence-corrected chi connectivity index (χ0v) is 22.0. The van der Waals surface area contributed by atoms with Crippen molar-refractivity contribution in [1.29, 1.82) is 0 Å². The minimum Gasteiger partial charge on any atom is -0.441 e. The molecule has 0 saturated heterocycles. The quantitative estimate of drug-likeness (QED) is 0.284. The molecule has 0 saturated carbocycles. The summed E-state index contributed by atoms with van der Waals surface area (Å²) in [6.07, 6.45) is 2.12. The van der Waals surface area contributed by atoms with Gasteiger partial charge < -0.3 is 14.5 Å². The van der Waals surface area contributed by atoms with E-state index >= 15 is 0 Å². The van der Waals surface area contributed by atoms with Crippen molar-refractivity contribution in [2.75, 3.05) is 38.0 Å². The van der Waals surface area contributed by atoms with Gasteiger partial charge in [-0.1, -0.05) is 72.3 Å². The molecule has 0 radical (unpaired) electrons. The van der Waals surface area contributed by atoms with Crippen molar-refractivity contribution in [1.82, 2.24) is 0 Å². The number of carbonyl (C=O) groups excluding carboxylic acids is 1. The van der Waals surface area contributed by atoms with Gasteiger partial charge in [-0.15, -0.1) is 0 Å². The SMILES string of the molecule is Cc1ccc(C2(C=C(c3ccc(N(C)C)cc3)c3ccc(N(C)C)cc3)OC(=O)c3ccccc32)cc1. The zero-order chi connectivity index (χ0) is 26.2. The lowest BCUT2D eigenvalue weighted by molar-refractivity contribution is 0.0276. The van der Waals surface area contributed by atoms with Crippen LogP contribution in [0.3, 0.4) is 0 Å². The average molecular weight is 489 g/mol. The molecule has 5 rings (SSSR count). The molecule has 0 aliphatic carbocycles. The van der Waals surface area contributed by atoms with Crippen LogP contribution in [0.4, 0.5) is 11.4 Å². The van der Waals surface area contributed by atoms with Crippen molar-refractivity contribution in [2.45, 2.75) is 12.5 Å². The lowest BCUT2D eigenvalue weighted by Crippen LogP contribution is -2.26. The molecule has 0 fully saturated rings. The number of fused-ring (bicyclic) bond motifs is 1. The van der Waals surface area contributed by atoms with Gasteiger partial charge in [-0.2, -0.15) is 0 Å². The second-order valence-electron chi connectivity index (χ2n) is 9.98. The Balaban J connectivity index is 1.77. The molecule has 1 heterocycles. The number of ether oxygens (including phenoxy) is 1. The van der Waals surface area contributed by atoms with Gasteiger partial charge in [-0.05, 0) is 60.0 Å². The number of carbonyl (C=O) groups is 1. The molecule has 186 valence electrons. The summed E-state index contributed by atoms with van der Waals surface area (Å²) >= 11 is 0. The number of esters is 1. The largest absolute Gasteiger partial charge is 0.441 e. The van der Waals surface area contributed by atoms with Crippen molar-refractivity contribution < 1.29 is 9.53 Å². The van der Waals surface area contributed by atoms with Gasteiger partial charge in [-0.3, -0.25) is 0 Å². The summed E-state index contributed by atoms with van der Waals surface area (Å²) in [6.45, 7) is 2.06. The number of rotatable bonds is 6. The van der Waals surface area contributed by atoms with Crippen molar-refractivity contribution in [3.8, 4) is 0 Å². The van der Waals surface area contributed by atoms with E-state index in [9.17, 15) is 4.79 Å². The molecule has 37 heavy (non-hydrogen) atoms. The highest BCUT2D eigenvalue weighted by Crippen LogP contribution is 2.45. The third-order valence-corrected chi connectivity index (χ3v) is 7.02. The van der Waals surface area contributed by atoms with E-state index < -0.39 is 5.60 Å². The molecule has 0 amide bonds. The predicted molar refractivity (Wildman–Crippen MR) is 152 cm³/mol. The summed E-state index contributed by atoms with van der Waals surface area (Å²) in [5.41, 5.74) is 7.83. The average Bonchev–Trinajstić information content (AvgIpc) is 3.20.